The Hall–Kier alpha value is -8.58. The highest BCUT2D eigenvalue weighted by molar-refractivity contribution is 6.11. The van der Waals surface area contributed by atoms with Gasteiger partial charge in [0.15, 0.2) is 0 Å². The summed E-state index contributed by atoms with van der Waals surface area (Å²) >= 11 is 0. The van der Waals surface area contributed by atoms with Crippen LogP contribution in [0.5, 0.6) is 0 Å². The van der Waals surface area contributed by atoms with Crippen LogP contribution >= 0.6 is 0 Å². The van der Waals surface area contributed by atoms with E-state index in [-0.39, 0.29) is 25.7 Å². The summed E-state index contributed by atoms with van der Waals surface area (Å²) in [4.78, 5) is 83.9. The van der Waals surface area contributed by atoms with Crippen LogP contribution in [0.2, 0.25) is 0 Å². The number of nitrogens with one attached hydrogen (secondary N) is 5. The molecule has 2 aliphatic carbocycles. The van der Waals surface area contributed by atoms with E-state index in [1.165, 1.54) is 7.11 Å². The average molecular weight is 974 g/mol. The van der Waals surface area contributed by atoms with Gasteiger partial charge in [-0.2, -0.15) is 0 Å². The number of carbonyl (C=O) groups is 6. The molecule has 13 nitrogen and oxygen atoms in total. The third-order valence-corrected chi connectivity index (χ3v) is 14.0. The molecule has 0 radical (unpaired) electrons. The molecule has 0 heterocycles. The van der Waals surface area contributed by atoms with Gasteiger partial charge in [-0.3, -0.25) is 24.0 Å². The molecule has 0 aliphatic heterocycles. The Morgan fingerprint density at radius 1 is 0.438 bits per heavy atom. The largest absolute Gasteiger partial charge is 0.468 e. The normalized spacial score (nSPS) is 14.2. The summed E-state index contributed by atoms with van der Waals surface area (Å²) < 4.78 is 10.6. The van der Waals surface area contributed by atoms with Gasteiger partial charge in [-0.1, -0.05) is 146 Å². The van der Waals surface area contributed by atoms with Gasteiger partial charge in [0.2, 0.25) is 23.6 Å². The zero-order chi connectivity index (χ0) is 51.1. The Kier molecular flexibility index (Phi) is 12.6. The van der Waals surface area contributed by atoms with Crippen molar-refractivity contribution in [2.75, 3.05) is 26.7 Å². The molecule has 2 aliphatic rings. The number of hydrogen-bond acceptors (Lipinski definition) is 8. The van der Waals surface area contributed by atoms with Crippen LogP contribution in [0.3, 0.4) is 0 Å². The van der Waals surface area contributed by atoms with E-state index in [9.17, 15) is 28.8 Å². The molecule has 0 atom stereocenters. The highest BCUT2D eigenvalue weighted by atomic mass is 16.6. The number of rotatable bonds is 10. The first-order valence-electron chi connectivity index (χ1n) is 24.4. The van der Waals surface area contributed by atoms with Gasteiger partial charge in [0.25, 0.3) is 0 Å². The molecule has 8 aromatic rings. The highest BCUT2D eigenvalue weighted by Gasteiger charge is 2.46. The summed E-state index contributed by atoms with van der Waals surface area (Å²) in [6.45, 7) is 3.67. The molecule has 0 unspecified atom stereocenters. The van der Waals surface area contributed by atoms with Crippen LogP contribution in [0, 0.1) is 0 Å². The van der Waals surface area contributed by atoms with Crippen LogP contribution in [0.15, 0.2) is 146 Å². The van der Waals surface area contributed by atoms with Crippen LogP contribution in [-0.2, 0) is 59.1 Å². The van der Waals surface area contributed by atoms with Gasteiger partial charge in [0.05, 0.1) is 20.2 Å². The molecule has 8 aromatic carbocycles. The van der Waals surface area contributed by atoms with E-state index in [0.29, 0.717) is 0 Å². The second-order valence-electron chi connectivity index (χ2n) is 20.0. The smallest absolute Gasteiger partial charge is 0.408 e. The average Bonchev–Trinajstić information content (AvgIpc) is 3.63. The number of benzene rings is 8. The second kappa shape index (κ2) is 19.2. The van der Waals surface area contributed by atoms with E-state index in [1.54, 1.807) is 20.8 Å². The fraction of sp³-hybridized carbons (Fsp3) is 0.233. The standard InChI is InChI=1S/C60H55N5O8/c1-58(2,3)73-57(71)65-60(31-42-27-23-38-15-7-11-19-46(38)53(42)54-43(32-60)28-24-39-16-8-12-20-47(39)54)56(70)62-33-48(66)61-34-49(67)64-59(55(69)63-35-50(68)72-4)29-40-25-21-36-13-5-9-17-44(36)51(40)52-41(30-59)26-22-37-14-6-10-18-45(37)52/h5-28H,29-35H2,1-4H3,(H,61,66)(H,62,70)(H,63,69)(H,64,67)(H,65,71). The highest BCUT2D eigenvalue weighted by Crippen LogP contribution is 2.46. The van der Waals surface area contributed by atoms with Crippen molar-refractivity contribution in [2.24, 2.45) is 0 Å². The zero-order valence-electron chi connectivity index (χ0n) is 41.1. The molecule has 0 spiro atoms. The number of alkyl carbamates (subject to hydrolysis) is 1. The molecule has 368 valence electrons. The lowest BCUT2D eigenvalue weighted by atomic mass is 9.84. The van der Waals surface area contributed by atoms with Crippen molar-refractivity contribution in [3.8, 4) is 22.3 Å². The van der Waals surface area contributed by atoms with Gasteiger partial charge >= 0.3 is 12.1 Å². The molecule has 0 fully saturated rings. The Bertz CT molecular complexity index is 3400. The first-order valence-corrected chi connectivity index (χ1v) is 24.4. The van der Waals surface area contributed by atoms with Gasteiger partial charge < -0.3 is 36.1 Å². The third kappa shape index (κ3) is 9.41. The first-order chi connectivity index (χ1) is 35.1. The molecule has 73 heavy (non-hydrogen) atoms. The van der Waals surface area contributed by atoms with Gasteiger partial charge in [-0.25, -0.2) is 4.79 Å². The molecule has 5 N–H and O–H groups in total. The Morgan fingerprint density at radius 2 is 0.781 bits per heavy atom. The van der Waals surface area contributed by atoms with Gasteiger partial charge in [-0.15, -0.1) is 0 Å². The number of methoxy groups -OCH3 is 1. The summed E-state index contributed by atoms with van der Waals surface area (Å²) in [5.41, 5.74) is 2.84. The minimum Gasteiger partial charge on any atom is -0.468 e. The van der Waals surface area contributed by atoms with Crippen LogP contribution in [-0.4, -0.2) is 79.1 Å². The van der Waals surface area contributed by atoms with E-state index >= 15 is 0 Å². The van der Waals surface area contributed by atoms with Crippen molar-refractivity contribution in [1.82, 2.24) is 26.6 Å². The van der Waals surface area contributed by atoms with Crippen molar-refractivity contribution in [2.45, 2.75) is 63.1 Å². The number of hydrogen-bond donors (Lipinski definition) is 5. The fourth-order valence-corrected chi connectivity index (χ4v) is 10.8. The van der Waals surface area contributed by atoms with Gasteiger partial charge in [-0.05, 0) is 108 Å². The molecule has 10 rings (SSSR count). The van der Waals surface area contributed by atoms with E-state index in [1.807, 2.05) is 133 Å². The molecule has 5 amide bonds. The number of carbonyl (C=O) groups excluding carboxylic acids is 6. The topological polar surface area (TPSA) is 181 Å². The third-order valence-electron chi connectivity index (χ3n) is 14.0. The lowest BCUT2D eigenvalue weighted by molar-refractivity contribution is -0.142. The van der Waals surface area contributed by atoms with E-state index in [2.05, 4.69) is 38.7 Å². The Morgan fingerprint density at radius 3 is 1.15 bits per heavy atom. The second-order valence-corrected chi connectivity index (χ2v) is 20.0. The maximum atomic E-state index is 15.0. The predicted molar refractivity (Wildman–Crippen MR) is 283 cm³/mol. The summed E-state index contributed by atoms with van der Waals surface area (Å²) in [7, 11) is 1.22. The van der Waals surface area contributed by atoms with Crippen molar-refractivity contribution in [3.05, 3.63) is 168 Å². The molecular weight excluding hydrogens is 919 g/mol. The molecule has 0 aromatic heterocycles. The first kappa shape index (κ1) is 48.1. The number of fused-ring (bicyclic) bond motifs is 14. The van der Waals surface area contributed by atoms with E-state index in [4.69, 9.17) is 9.47 Å². The molecule has 0 bridgehead atoms. The van der Waals surface area contributed by atoms with Crippen LogP contribution in [0.1, 0.15) is 43.0 Å². The predicted octanol–water partition coefficient (Wildman–Crippen LogP) is 8.17. The maximum absolute atomic E-state index is 15.0. The molecule has 0 saturated carbocycles. The van der Waals surface area contributed by atoms with E-state index < -0.39 is 72.0 Å². The van der Waals surface area contributed by atoms with E-state index in [0.717, 1.165) is 87.6 Å². The summed E-state index contributed by atoms with van der Waals surface area (Å²) in [6.07, 6.45) is -0.593. The Balaban J connectivity index is 0.937. The zero-order valence-corrected chi connectivity index (χ0v) is 41.1. The summed E-state index contributed by atoms with van der Waals surface area (Å²) in [5, 5.41) is 22.1. The van der Waals surface area contributed by atoms with Gasteiger partial charge in [0, 0.05) is 25.7 Å². The monoisotopic (exact) mass is 973 g/mol. The van der Waals surface area contributed by atoms with Crippen molar-refractivity contribution >= 4 is 78.8 Å². The fourth-order valence-electron chi connectivity index (χ4n) is 10.8. The Labute approximate surface area is 422 Å². The van der Waals surface area contributed by atoms with Crippen molar-refractivity contribution in [3.63, 3.8) is 0 Å². The molecular formula is C60H55N5O8. The minimum absolute atomic E-state index is 0.0451. The van der Waals surface area contributed by atoms with Gasteiger partial charge in [0.1, 0.15) is 23.2 Å². The van der Waals surface area contributed by atoms with Crippen molar-refractivity contribution < 1.29 is 38.2 Å². The maximum Gasteiger partial charge on any atom is 0.408 e. The minimum atomic E-state index is -1.64. The van der Waals surface area contributed by atoms with Crippen LogP contribution in [0.25, 0.3) is 65.3 Å². The van der Waals surface area contributed by atoms with Crippen LogP contribution < -0.4 is 26.6 Å². The number of esters is 1. The SMILES string of the molecule is COC(=O)CNC(=O)C1(NC(=O)CNC(=O)CNC(=O)C2(NC(=O)OC(C)(C)C)Cc3ccc4ccccc4c3-c3c(ccc4ccccc34)C2)Cc2ccc3ccccc3c2-c2c(ccc3ccccc23)C1. The van der Waals surface area contributed by atoms with Crippen molar-refractivity contribution in [1.29, 1.82) is 0 Å². The lowest BCUT2D eigenvalue weighted by Gasteiger charge is -2.34. The molecule has 13 heteroatoms. The lowest BCUT2D eigenvalue weighted by Crippen LogP contribution is -2.63. The number of amides is 5. The summed E-state index contributed by atoms with van der Waals surface area (Å²) in [6, 6.07) is 48.0. The summed E-state index contributed by atoms with van der Waals surface area (Å²) in [5.74, 6) is -3.28. The quantitative estimate of drug-likeness (QED) is 0.0852. The number of ether oxygens (including phenoxy) is 2. The molecule has 0 saturated heterocycles. The van der Waals surface area contributed by atoms with Crippen LogP contribution in [0.4, 0.5) is 4.79 Å².